The normalized spacial score (nSPS) is 23.1. The van der Waals surface area contributed by atoms with Gasteiger partial charge < -0.3 is 4.74 Å². The molecule has 1 aliphatic heterocycles. The number of hydrogen-bond donors (Lipinski definition) is 0. The first-order chi connectivity index (χ1) is 4.93. The second-order valence-corrected chi connectivity index (χ2v) is 2.72. The van der Waals surface area contributed by atoms with E-state index in [0.717, 1.165) is 6.54 Å². The van der Waals surface area contributed by atoms with E-state index >= 15 is 0 Å². The van der Waals surface area contributed by atoms with Crippen LogP contribution in [0, 0.1) is 0 Å². The Hall–Kier alpha value is -0.530. The molecule has 1 aliphatic rings. The highest BCUT2D eigenvalue weighted by atomic mass is 16.5. The Morgan fingerprint density at radius 1 is 1.60 bits per heavy atom. The van der Waals surface area contributed by atoms with Gasteiger partial charge in [-0.05, 0) is 12.8 Å². The highest BCUT2D eigenvalue weighted by molar-refractivity contribution is 5.48. The molecule has 10 heavy (non-hydrogen) atoms. The molecule has 0 spiro atoms. The van der Waals surface area contributed by atoms with Crippen LogP contribution in [0.4, 0.5) is 0 Å². The van der Waals surface area contributed by atoms with Gasteiger partial charge in [0.05, 0.1) is 6.54 Å². The third-order valence-corrected chi connectivity index (χ3v) is 1.77. The predicted molar refractivity (Wildman–Crippen MR) is 42.4 cm³/mol. The van der Waals surface area contributed by atoms with Crippen molar-refractivity contribution in [2.75, 3.05) is 6.54 Å². The number of ether oxygens (including phenoxy) is 1. The molecule has 2 nitrogen and oxygen atoms in total. The number of rotatable bonds is 4. The van der Waals surface area contributed by atoms with Crippen molar-refractivity contribution in [3.63, 3.8) is 0 Å². The molecule has 0 saturated carbocycles. The molecular formula is C8H15NO. The van der Waals surface area contributed by atoms with E-state index in [0.29, 0.717) is 6.10 Å². The summed E-state index contributed by atoms with van der Waals surface area (Å²) in [7, 11) is 0. The Kier molecular flexibility index (Phi) is 3.27. The monoisotopic (exact) mass is 141 g/mol. The van der Waals surface area contributed by atoms with Crippen molar-refractivity contribution in [3.8, 4) is 0 Å². The van der Waals surface area contributed by atoms with Crippen molar-refractivity contribution in [3.05, 3.63) is 0 Å². The van der Waals surface area contributed by atoms with Crippen molar-refractivity contribution in [1.82, 2.24) is 0 Å². The second-order valence-electron chi connectivity index (χ2n) is 2.72. The van der Waals surface area contributed by atoms with E-state index in [1.807, 2.05) is 0 Å². The molecule has 0 aromatic carbocycles. The smallest absolute Gasteiger partial charge is 0.170 e. The van der Waals surface area contributed by atoms with Crippen LogP contribution in [-0.2, 0) is 4.74 Å². The largest absolute Gasteiger partial charge is 0.478 e. The lowest BCUT2D eigenvalue weighted by Gasteiger charge is -2.06. The van der Waals surface area contributed by atoms with E-state index in [1.54, 1.807) is 6.40 Å². The Morgan fingerprint density at radius 3 is 3.10 bits per heavy atom. The fourth-order valence-corrected chi connectivity index (χ4v) is 1.11. The molecule has 0 saturated heterocycles. The van der Waals surface area contributed by atoms with Crippen LogP contribution in [0.2, 0.25) is 0 Å². The van der Waals surface area contributed by atoms with Crippen LogP contribution in [-0.4, -0.2) is 19.0 Å². The van der Waals surface area contributed by atoms with Crippen molar-refractivity contribution >= 4 is 6.40 Å². The number of unbranched alkanes of at least 4 members (excludes halogenated alkanes) is 2. The molecule has 1 unspecified atom stereocenters. The molecule has 1 atom stereocenters. The SMILES string of the molecule is CCCCCC1CN=CO1. The molecule has 0 radical (unpaired) electrons. The third kappa shape index (κ3) is 2.38. The molecule has 0 aliphatic carbocycles. The zero-order valence-corrected chi connectivity index (χ0v) is 6.55. The molecule has 0 aromatic rings. The van der Waals surface area contributed by atoms with Gasteiger partial charge in [-0.1, -0.05) is 19.8 Å². The van der Waals surface area contributed by atoms with Gasteiger partial charge in [-0.2, -0.15) is 0 Å². The van der Waals surface area contributed by atoms with Gasteiger partial charge in [0.25, 0.3) is 0 Å². The van der Waals surface area contributed by atoms with E-state index in [1.165, 1.54) is 25.7 Å². The Balaban J connectivity index is 1.93. The van der Waals surface area contributed by atoms with Crippen molar-refractivity contribution in [2.24, 2.45) is 4.99 Å². The maximum Gasteiger partial charge on any atom is 0.170 e. The maximum absolute atomic E-state index is 5.21. The minimum Gasteiger partial charge on any atom is -0.478 e. The quantitative estimate of drug-likeness (QED) is 0.549. The lowest BCUT2D eigenvalue weighted by molar-refractivity contribution is 0.217. The molecule has 0 aromatic heterocycles. The molecule has 2 heteroatoms. The summed E-state index contributed by atoms with van der Waals surface area (Å²) < 4.78 is 5.21. The summed E-state index contributed by atoms with van der Waals surface area (Å²) in [5.41, 5.74) is 0. The Labute approximate surface area is 62.3 Å². The predicted octanol–water partition coefficient (Wildman–Crippen LogP) is 1.99. The molecule has 0 amide bonds. The first-order valence-electron chi connectivity index (χ1n) is 4.07. The van der Waals surface area contributed by atoms with Crippen LogP contribution < -0.4 is 0 Å². The Bertz CT molecular complexity index is 104. The van der Waals surface area contributed by atoms with Gasteiger partial charge in [0.1, 0.15) is 6.10 Å². The van der Waals surface area contributed by atoms with Crippen LogP contribution >= 0.6 is 0 Å². The molecule has 0 bridgehead atoms. The second kappa shape index (κ2) is 4.31. The summed E-state index contributed by atoms with van der Waals surface area (Å²) in [5.74, 6) is 0. The van der Waals surface area contributed by atoms with Gasteiger partial charge in [0, 0.05) is 0 Å². The van der Waals surface area contributed by atoms with E-state index in [2.05, 4.69) is 11.9 Å². The number of nitrogens with zero attached hydrogens (tertiary/aromatic N) is 1. The van der Waals surface area contributed by atoms with Crippen LogP contribution in [0.25, 0.3) is 0 Å². The zero-order valence-electron chi connectivity index (χ0n) is 6.55. The van der Waals surface area contributed by atoms with Crippen LogP contribution in [0.1, 0.15) is 32.6 Å². The van der Waals surface area contributed by atoms with Gasteiger partial charge >= 0.3 is 0 Å². The van der Waals surface area contributed by atoms with Gasteiger partial charge in [-0.3, -0.25) is 4.99 Å². The highest BCUT2D eigenvalue weighted by Gasteiger charge is 2.10. The number of hydrogen-bond acceptors (Lipinski definition) is 2. The van der Waals surface area contributed by atoms with Crippen LogP contribution in [0.3, 0.4) is 0 Å². The van der Waals surface area contributed by atoms with Gasteiger partial charge in [0.2, 0.25) is 0 Å². The summed E-state index contributed by atoms with van der Waals surface area (Å²) in [6.07, 6.45) is 7.04. The molecule has 0 fully saturated rings. The van der Waals surface area contributed by atoms with Crippen molar-refractivity contribution in [1.29, 1.82) is 0 Å². The lowest BCUT2D eigenvalue weighted by Crippen LogP contribution is -2.09. The molecule has 1 heterocycles. The Morgan fingerprint density at radius 2 is 2.50 bits per heavy atom. The van der Waals surface area contributed by atoms with Gasteiger partial charge in [-0.25, -0.2) is 0 Å². The van der Waals surface area contributed by atoms with Crippen molar-refractivity contribution < 1.29 is 4.74 Å². The standard InChI is InChI=1S/C8H15NO/c1-2-3-4-5-8-6-9-7-10-8/h7-8H,2-6H2,1H3. The third-order valence-electron chi connectivity index (χ3n) is 1.77. The van der Waals surface area contributed by atoms with E-state index in [9.17, 15) is 0 Å². The topological polar surface area (TPSA) is 21.6 Å². The van der Waals surface area contributed by atoms with E-state index in [-0.39, 0.29) is 0 Å². The van der Waals surface area contributed by atoms with E-state index < -0.39 is 0 Å². The number of aliphatic imine (C=N–C) groups is 1. The summed E-state index contributed by atoms with van der Waals surface area (Å²) in [5, 5.41) is 0. The molecule has 1 rings (SSSR count). The van der Waals surface area contributed by atoms with E-state index in [4.69, 9.17) is 4.74 Å². The van der Waals surface area contributed by atoms with Crippen LogP contribution in [0.15, 0.2) is 4.99 Å². The molecule has 0 N–H and O–H groups in total. The average molecular weight is 141 g/mol. The first kappa shape index (κ1) is 7.58. The maximum atomic E-state index is 5.21. The average Bonchev–Trinajstić information content (AvgIpc) is 2.41. The molecular weight excluding hydrogens is 126 g/mol. The fourth-order valence-electron chi connectivity index (χ4n) is 1.11. The molecule has 58 valence electrons. The van der Waals surface area contributed by atoms with Crippen molar-refractivity contribution in [2.45, 2.75) is 38.7 Å². The fraction of sp³-hybridized carbons (Fsp3) is 0.875. The summed E-state index contributed by atoms with van der Waals surface area (Å²) in [4.78, 5) is 4.00. The van der Waals surface area contributed by atoms with Gasteiger partial charge in [0.15, 0.2) is 6.40 Å². The zero-order chi connectivity index (χ0) is 7.23. The summed E-state index contributed by atoms with van der Waals surface area (Å²) >= 11 is 0. The summed E-state index contributed by atoms with van der Waals surface area (Å²) in [6.45, 7) is 3.09. The minimum atomic E-state index is 0.395. The van der Waals surface area contributed by atoms with Crippen LogP contribution in [0.5, 0.6) is 0 Å². The highest BCUT2D eigenvalue weighted by Crippen LogP contribution is 2.09. The first-order valence-corrected chi connectivity index (χ1v) is 4.07. The minimum absolute atomic E-state index is 0.395. The lowest BCUT2D eigenvalue weighted by atomic mass is 10.1. The summed E-state index contributed by atoms with van der Waals surface area (Å²) in [6, 6.07) is 0. The van der Waals surface area contributed by atoms with Gasteiger partial charge in [-0.15, -0.1) is 0 Å².